The summed E-state index contributed by atoms with van der Waals surface area (Å²) in [5, 5.41) is 10.8. The van der Waals surface area contributed by atoms with Gasteiger partial charge in [0, 0.05) is 30.9 Å². The van der Waals surface area contributed by atoms with Crippen LogP contribution in [0.4, 0.5) is 0 Å². The molecule has 3 unspecified atom stereocenters. The van der Waals surface area contributed by atoms with Gasteiger partial charge in [-0.2, -0.15) is 0 Å². The Hall–Kier alpha value is -3.36. The SMILES string of the molecule is C=CCN(Cc1ccccc1)C(=O)[C@@H]1[C@H]2C(=O)N([C@@H](CO)Cc3ccccc3)C(C(=O)N(CC=C)C(C)CCC)C23CC[C@H]1S3. The van der Waals surface area contributed by atoms with Crippen LogP contribution in [0.15, 0.2) is 86.0 Å². The lowest BCUT2D eigenvalue weighted by molar-refractivity contribution is -0.147. The normalized spacial score (nSPS) is 26.3. The first-order chi connectivity index (χ1) is 21.8. The van der Waals surface area contributed by atoms with Gasteiger partial charge in [-0.25, -0.2) is 0 Å². The lowest BCUT2D eigenvalue weighted by Crippen LogP contribution is -2.59. The molecule has 3 aliphatic heterocycles. The first-order valence-corrected chi connectivity index (χ1v) is 17.2. The molecule has 8 heteroatoms. The van der Waals surface area contributed by atoms with Crippen LogP contribution in [0.1, 0.15) is 50.7 Å². The Balaban J connectivity index is 1.56. The molecule has 3 aliphatic rings. The van der Waals surface area contributed by atoms with Crippen molar-refractivity contribution in [2.45, 2.75) is 80.6 Å². The fraction of sp³-hybridized carbons (Fsp3) is 0.486. The van der Waals surface area contributed by atoms with Crippen molar-refractivity contribution in [3.05, 3.63) is 97.1 Å². The number of thioether (sulfide) groups is 1. The number of hydrogen-bond acceptors (Lipinski definition) is 5. The molecule has 3 saturated heterocycles. The van der Waals surface area contributed by atoms with E-state index in [0.717, 1.165) is 30.4 Å². The molecule has 5 rings (SSSR count). The minimum atomic E-state index is -0.773. The number of carbonyl (C=O) groups excluding carboxylic acids is 3. The second-order valence-corrected chi connectivity index (χ2v) is 14.3. The molecule has 240 valence electrons. The summed E-state index contributed by atoms with van der Waals surface area (Å²) in [4.78, 5) is 49.5. The van der Waals surface area contributed by atoms with Crippen molar-refractivity contribution in [3.8, 4) is 0 Å². The van der Waals surface area contributed by atoms with E-state index in [1.165, 1.54) is 0 Å². The van der Waals surface area contributed by atoms with Crippen LogP contribution in [-0.2, 0) is 27.3 Å². The third-order valence-corrected chi connectivity index (χ3v) is 11.9. The second-order valence-electron chi connectivity index (χ2n) is 12.7. The molecular weight excluding hydrogens is 582 g/mol. The maximum Gasteiger partial charge on any atom is 0.247 e. The molecule has 3 heterocycles. The number of rotatable bonds is 15. The molecule has 7 nitrogen and oxygen atoms in total. The highest BCUT2D eigenvalue weighted by atomic mass is 32.2. The smallest absolute Gasteiger partial charge is 0.247 e. The van der Waals surface area contributed by atoms with E-state index in [9.17, 15) is 19.5 Å². The predicted octanol–water partition coefficient (Wildman–Crippen LogP) is 5.10. The zero-order valence-electron chi connectivity index (χ0n) is 26.6. The highest BCUT2D eigenvalue weighted by Crippen LogP contribution is 2.67. The number of aliphatic hydroxyl groups is 1. The van der Waals surface area contributed by atoms with E-state index >= 15 is 0 Å². The van der Waals surface area contributed by atoms with Crippen LogP contribution in [0.25, 0.3) is 0 Å². The van der Waals surface area contributed by atoms with Gasteiger partial charge in [0.15, 0.2) is 0 Å². The predicted molar refractivity (Wildman–Crippen MR) is 180 cm³/mol. The summed E-state index contributed by atoms with van der Waals surface area (Å²) in [5.41, 5.74) is 2.00. The van der Waals surface area contributed by atoms with Crippen molar-refractivity contribution < 1.29 is 19.5 Å². The standard InChI is InChI=1S/C37H47N3O4S/c1-5-14-26(4)39(22-7-3)36(44)33-37-20-19-30(45-37)31(34(42)38(21-6-2)24-28-17-12-9-13-18-28)32(37)35(43)40(33)29(25-41)23-27-15-10-8-11-16-27/h6-13,15-18,26,29-33,41H,2-3,5,14,19-25H2,1,4H3/t26?,29-,30-,31+,32+,33?,37?/m1/s1. The third kappa shape index (κ3) is 6.24. The van der Waals surface area contributed by atoms with Crippen LogP contribution in [0.3, 0.4) is 0 Å². The van der Waals surface area contributed by atoms with Crippen LogP contribution in [-0.4, -0.2) is 85.3 Å². The monoisotopic (exact) mass is 629 g/mol. The van der Waals surface area contributed by atoms with E-state index in [4.69, 9.17) is 0 Å². The minimum absolute atomic E-state index is 0.0374. The van der Waals surface area contributed by atoms with Crippen molar-refractivity contribution in [1.29, 1.82) is 0 Å². The van der Waals surface area contributed by atoms with Gasteiger partial charge in [0.2, 0.25) is 17.7 Å². The summed E-state index contributed by atoms with van der Waals surface area (Å²) in [6, 6.07) is 18.2. The van der Waals surface area contributed by atoms with Crippen molar-refractivity contribution >= 4 is 29.5 Å². The van der Waals surface area contributed by atoms with Crippen LogP contribution >= 0.6 is 11.8 Å². The fourth-order valence-electron chi connectivity index (χ4n) is 7.94. The van der Waals surface area contributed by atoms with E-state index in [0.29, 0.717) is 32.5 Å². The number of nitrogens with zero attached hydrogens (tertiary/aromatic N) is 3. The van der Waals surface area contributed by atoms with Crippen molar-refractivity contribution in [2.75, 3.05) is 19.7 Å². The van der Waals surface area contributed by atoms with Gasteiger partial charge >= 0.3 is 0 Å². The highest BCUT2D eigenvalue weighted by Gasteiger charge is 2.74. The molecule has 2 aromatic carbocycles. The van der Waals surface area contributed by atoms with Crippen molar-refractivity contribution in [1.82, 2.24) is 14.7 Å². The Morgan fingerprint density at radius 3 is 2.29 bits per heavy atom. The van der Waals surface area contributed by atoms with Crippen LogP contribution in [0.5, 0.6) is 0 Å². The molecule has 0 radical (unpaired) electrons. The zero-order chi connectivity index (χ0) is 32.1. The topological polar surface area (TPSA) is 81.2 Å². The lowest BCUT2D eigenvalue weighted by atomic mass is 9.70. The molecule has 2 bridgehead atoms. The van der Waals surface area contributed by atoms with Gasteiger partial charge in [-0.15, -0.1) is 24.9 Å². The van der Waals surface area contributed by atoms with Gasteiger partial charge in [-0.05, 0) is 43.7 Å². The quantitative estimate of drug-likeness (QED) is 0.278. The summed E-state index contributed by atoms with van der Waals surface area (Å²) in [6.45, 7) is 12.9. The molecule has 0 aliphatic carbocycles. The van der Waals surface area contributed by atoms with Gasteiger partial charge in [0.1, 0.15) is 6.04 Å². The Kier molecular flexibility index (Phi) is 10.6. The van der Waals surface area contributed by atoms with Gasteiger partial charge in [-0.1, -0.05) is 86.2 Å². The molecule has 1 spiro atoms. The largest absolute Gasteiger partial charge is 0.394 e. The van der Waals surface area contributed by atoms with E-state index < -0.39 is 28.7 Å². The summed E-state index contributed by atoms with van der Waals surface area (Å²) in [6.07, 6.45) is 7.10. The number of amides is 3. The Labute approximate surface area is 272 Å². The molecule has 0 aromatic heterocycles. The summed E-state index contributed by atoms with van der Waals surface area (Å²) >= 11 is 1.68. The number of benzene rings is 2. The number of carbonyl (C=O) groups is 3. The molecule has 7 atom stereocenters. The fourth-order valence-corrected chi connectivity index (χ4v) is 10.1. The highest BCUT2D eigenvalue weighted by molar-refractivity contribution is 8.02. The van der Waals surface area contributed by atoms with E-state index in [1.54, 1.807) is 33.7 Å². The van der Waals surface area contributed by atoms with E-state index in [-0.39, 0.29) is 35.6 Å². The van der Waals surface area contributed by atoms with Crippen LogP contribution in [0, 0.1) is 11.8 Å². The summed E-state index contributed by atoms with van der Waals surface area (Å²) in [7, 11) is 0. The molecule has 0 saturated carbocycles. The number of likely N-dealkylation sites (tertiary alicyclic amines) is 1. The lowest BCUT2D eigenvalue weighted by Gasteiger charge is -2.41. The second kappa shape index (κ2) is 14.4. The minimum Gasteiger partial charge on any atom is -0.394 e. The van der Waals surface area contributed by atoms with Crippen LogP contribution in [0.2, 0.25) is 0 Å². The Morgan fingerprint density at radius 1 is 1.04 bits per heavy atom. The van der Waals surface area contributed by atoms with Crippen LogP contribution < -0.4 is 0 Å². The summed E-state index contributed by atoms with van der Waals surface area (Å²) in [5.74, 6) is -1.53. The maximum absolute atomic E-state index is 14.8. The van der Waals surface area contributed by atoms with Crippen molar-refractivity contribution in [3.63, 3.8) is 0 Å². The molecule has 2 aromatic rings. The molecule has 3 fully saturated rings. The van der Waals surface area contributed by atoms with Gasteiger partial charge in [0.05, 0.1) is 29.2 Å². The molecule has 45 heavy (non-hydrogen) atoms. The average molecular weight is 630 g/mol. The first-order valence-electron chi connectivity index (χ1n) is 16.3. The number of hydrogen-bond donors (Lipinski definition) is 1. The molecular formula is C37H47N3O4S. The van der Waals surface area contributed by atoms with Gasteiger partial charge in [-0.3, -0.25) is 14.4 Å². The summed E-state index contributed by atoms with van der Waals surface area (Å²) < 4.78 is -0.735. The number of fused-ring (bicyclic) bond motifs is 1. The Morgan fingerprint density at radius 2 is 1.69 bits per heavy atom. The number of aliphatic hydroxyl groups excluding tert-OH is 1. The average Bonchev–Trinajstić information content (AvgIpc) is 3.70. The maximum atomic E-state index is 14.8. The van der Waals surface area contributed by atoms with Crippen molar-refractivity contribution in [2.24, 2.45) is 11.8 Å². The Bertz CT molecular complexity index is 1370. The first kappa shape index (κ1) is 33.0. The zero-order valence-corrected chi connectivity index (χ0v) is 27.4. The van der Waals surface area contributed by atoms with Gasteiger partial charge < -0.3 is 19.8 Å². The van der Waals surface area contributed by atoms with Gasteiger partial charge in [0.25, 0.3) is 0 Å². The molecule has 1 N–H and O–H groups in total. The molecule has 3 amide bonds. The van der Waals surface area contributed by atoms with E-state index in [2.05, 4.69) is 27.0 Å². The van der Waals surface area contributed by atoms with E-state index in [1.807, 2.05) is 65.6 Å². The third-order valence-electron chi connectivity index (χ3n) is 9.90.